The lowest BCUT2D eigenvalue weighted by molar-refractivity contribution is -0.679. The van der Waals surface area contributed by atoms with Crippen LogP contribution in [0.4, 0.5) is 0 Å². The molecule has 1 N–H and O–H groups in total. The van der Waals surface area contributed by atoms with E-state index in [1.165, 1.54) is 70.6 Å². The number of hydrogen-bond donors (Lipinski definition) is 1. The van der Waals surface area contributed by atoms with E-state index >= 15 is 0 Å². The van der Waals surface area contributed by atoms with Crippen LogP contribution in [0.2, 0.25) is 5.02 Å². The third kappa shape index (κ3) is 13.2. The molecule has 0 fully saturated rings. The van der Waals surface area contributed by atoms with Gasteiger partial charge in [0.2, 0.25) is 0 Å². The number of amides is 1. The predicted octanol–water partition coefficient (Wildman–Crippen LogP) is 6.98. The third-order valence-corrected chi connectivity index (χ3v) is 6.69. The number of carbonyl (C=O) groups excluding carboxylic acids is 1. The van der Waals surface area contributed by atoms with Gasteiger partial charge in [0.15, 0.2) is 18.5 Å². The number of ether oxygens (including phenoxy) is 2. The highest BCUT2D eigenvalue weighted by atomic mass is 35.5. The minimum Gasteiger partial charge on any atom is -0.492 e. The van der Waals surface area contributed by atoms with Gasteiger partial charge in [-0.15, -0.1) is 0 Å². The van der Waals surface area contributed by atoms with Gasteiger partial charge in [-0.1, -0.05) is 95.2 Å². The van der Waals surface area contributed by atoms with Crippen molar-refractivity contribution in [3.8, 4) is 11.5 Å². The Hall–Kier alpha value is -2.27. The predicted molar refractivity (Wildman–Crippen MR) is 148 cm³/mol. The fraction of sp³-hybridized carbons (Fsp3) is 0.600. The summed E-state index contributed by atoms with van der Waals surface area (Å²) < 4.78 is 13.5. The second kappa shape index (κ2) is 18.9. The van der Waals surface area contributed by atoms with Gasteiger partial charge >= 0.3 is 0 Å². The van der Waals surface area contributed by atoms with Gasteiger partial charge in [0.25, 0.3) is 5.91 Å². The van der Waals surface area contributed by atoms with E-state index in [9.17, 15) is 4.79 Å². The fourth-order valence-corrected chi connectivity index (χ4v) is 4.39. The second-order valence-corrected chi connectivity index (χ2v) is 9.93. The highest BCUT2D eigenvalue weighted by Gasteiger charge is 2.09. The molecule has 0 aliphatic carbocycles. The lowest BCUT2D eigenvalue weighted by Crippen LogP contribution is -2.36. The molecule has 0 aliphatic heterocycles. The molecule has 2 aromatic rings. The molecule has 1 aromatic carbocycles. The van der Waals surface area contributed by atoms with E-state index in [-0.39, 0.29) is 12.5 Å². The molecular weight excluding hydrogens is 472 g/mol. The largest absolute Gasteiger partial charge is 0.492 e. The molecule has 1 aromatic heterocycles. The fourth-order valence-electron chi connectivity index (χ4n) is 4.16. The summed E-state index contributed by atoms with van der Waals surface area (Å²) in [5.74, 6) is 1.06. The number of hydrogen-bond acceptors (Lipinski definition) is 3. The molecule has 6 heteroatoms. The van der Waals surface area contributed by atoms with E-state index in [0.717, 1.165) is 18.5 Å². The summed E-state index contributed by atoms with van der Waals surface area (Å²) in [6.07, 6.45) is 18.6. The number of halogens is 1. The second-order valence-electron chi connectivity index (χ2n) is 9.52. The van der Waals surface area contributed by atoms with Gasteiger partial charge in [-0.2, -0.15) is 0 Å². The molecular formula is C30H46ClN2O3+. The summed E-state index contributed by atoms with van der Waals surface area (Å²) >= 11 is 6.35. The summed E-state index contributed by atoms with van der Waals surface area (Å²) in [4.78, 5) is 12.1. The Morgan fingerprint density at radius 3 is 2.19 bits per heavy atom. The molecule has 0 unspecified atom stereocenters. The monoisotopic (exact) mass is 517 g/mol. The van der Waals surface area contributed by atoms with Gasteiger partial charge in [-0.3, -0.25) is 4.79 Å². The number of unbranched alkanes of at least 4 members (excludes halogenated alkanes) is 11. The smallest absolute Gasteiger partial charge is 0.257 e. The highest BCUT2D eigenvalue weighted by Crippen LogP contribution is 2.29. The lowest BCUT2D eigenvalue weighted by Gasteiger charge is -2.11. The van der Waals surface area contributed by atoms with Crippen LogP contribution >= 0.6 is 11.6 Å². The first-order chi connectivity index (χ1) is 17.6. The van der Waals surface area contributed by atoms with Crippen molar-refractivity contribution in [3.63, 3.8) is 0 Å². The summed E-state index contributed by atoms with van der Waals surface area (Å²) in [6.45, 7) is 3.45. The van der Waals surface area contributed by atoms with Crippen molar-refractivity contribution in [2.24, 2.45) is 7.05 Å². The molecule has 200 valence electrons. The van der Waals surface area contributed by atoms with Crippen LogP contribution < -0.4 is 19.4 Å². The average Bonchev–Trinajstić information content (AvgIpc) is 2.87. The zero-order chi connectivity index (χ0) is 25.8. The number of aryl methyl sites for hydroxylation is 1. The van der Waals surface area contributed by atoms with Crippen LogP contribution in [0, 0.1) is 0 Å². The Labute approximate surface area is 223 Å². The van der Waals surface area contributed by atoms with Gasteiger partial charge in [-0.05, 0) is 18.6 Å². The number of carbonyl (C=O) groups is 1. The molecule has 1 amide bonds. The molecule has 36 heavy (non-hydrogen) atoms. The van der Waals surface area contributed by atoms with Gasteiger partial charge in [-0.25, -0.2) is 4.57 Å². The van der Waals surface area contributed by atoms with Crippen molar-refractivity contribution in [3.05, 3.63) is 53.3 Å². The Morgan fingerprint density at radius 1 is 0.889 bits per heavy atom. The number of nitrogens with one attached hydrogen (secondary N) is 1. The van der Waals surface area contributed by atoms with Crippen LogP contribution in [0.25, 0.3) is 0 Å². The quantitative estimate of drug-likeness (QED) is 0.152. The minimum absolute atomic E-state index is 0.0453. The van der Waals surface area contributed by atoms with Crippen molar-refractivity contribution in [1.82, 2.24) is 5.32 Å². The van der Waals surface area contributed by atoms with Crippen LogP contribution in [0.3, 0.4) is 0 Å². The van der Waals surface area contributed by atoms with Gasteiger partial charge in [0.1, 0.15) is 18.5 Å². The van der Waals surface area contributed by atoms with Gasteiger partial charge < -0.3 is 14.8 Å². The van der Waals surface area contributed by atoms with Gasteiger partial charge in [0.05, 0.1) is 11.6 Å². The number of aromatic nitrogens is 1. The maximum atomic E-state index is 12.1. The van der Waals surface area contributed by atoms with Crippen molar-refractivity contribution >= 4 is 17.5 Å². The highest BCUT2D eigenvalue weighted by molar-refractivity contribution is 6.32. The zero-order valence-corrected chi connectivity index (χ0v) is 23.2. The first-order valence-corrected chi connectivity index (χ1v) is 14.2. The van der Waals surface area contributed by atoms with E-state index in [4.69, 9.17) is 21.1 Å². The zero-order valence-electron chi connectivity index (χ0n) is 22.4. The maximum absolute atomic E-state index is 12.1. The Kier molecular flexibility index (Phi) is 15.7. The number of rotatable bonds is 20. The van der Waals surface area contributed by atoms with Crippen LogP contribution in [0.15, 0.2) is 42.6 Å². The molecule has 0 radical (unpaired) electrons. The Bertz CT molecular complexity index is 875. The topological polar surface area (TPSA) is 51.4 Å². The van der Waals surface area contributed by atoms with Crippen LogP contribution in [0.5, 0.6) is 11.5 Å². The Balaban J connectivity index is 1.51. The van der Waals surface area contributed by atoms with Crippen molar-refractivity contribution in [2.75, 3.05) is 19.8 Å². The number of benzene rings is 1. The molecule has 0 saturated heterocycles. The minimum atomic E-state index is -0.156. The molecule has 0 bridgehead atoms. The summed E-state index contributed by atoms with van der Waals surface area (Å²) in [5.41, 5.74) is 1.16. The van der Waals surface area contributed by atoms with Gasteiger partial charge in [0, 0.05) is 31.2 Å². The average molecular weight is 518 g/mol. The first kappa shape index (κ1) is 30.0. The molecule has 0 spiro atoms. The normalized spacial score (nSPS) is 10.9. The van der Waals surface area contributed by atoms with E-state index < -0.39 is 0 Å². The molecule has 0 saturated carbocycles. The molecule has 1 heterocycles. The summed E-state index contributed by atoms with van der Waals surface area (Å²) in [7, 11) is 2.00. The van der Waals surface area contributed by atoms with E-state index in [1.54, 1.807) is 12.1 Å². The molecule has 5 nitrogen and oxygen atoms in total. The SMILES string of the molecule is CCCCCCCCCCCCCCOc1ccc(OCC(=O)NCCc2cccc[n+]2C)cc1Cl. The van der Waals surface area contributed by atoms with Crippen molar-refractivity contribution < 1.29 is 18.8 Å². The molecule has 2 rings (SSSR count). The van der Waals surface area contributed by atoms with Crippen LogP contribution in [-0.4, -0.2) is 25.7 Å². The van der Waals surface area contributed by atoms with Crippen LogP contribution in [0.1, 0.15) is 89.7 Å². The molecule has 0 aliphatic rings. The number of nitrogens with zero attached hydrogens (tertiary/aromatic N) is 1. The number of pyridine rings is 1. The molecule has 0 atom stereocenters. The van der Waals surface area contributed by atoms with Crippen molar-refractivity contribution in [2.45, 2.75) is 90.4 Å². The maximum Gasteiger partial charge on any atom is 0.257 e. The standard InChI is InChI=1S/C30H45ClN2O3/c1-3-4-5-6-7-8-9-10-11-12-13-16-23-35-29-19-18-27(24-28(29)31)36-25-30(34)32-21-20-26-17-14-15-22-33(26)2/h14-15,17-19,22,24H,3-13,16,20-21,23,25H2,1-2H3/p+1. The third-order valence-electron chi connectivity index (χ3n) is 6.39. The van der Waals surface area contributed by atoms with Crippen molar-refractivity contribution in [1.29, 1.82) is 0 Å². The van der Waals surface area contributed by atoms with E-state index in [2.05, 4.69) is 12.2 Å². The van der Waals surface area contributed by atoms with E-state index in [0.29, 0.717) is 29.7 Å². The lowest BCUT2D eigenvalue weighted by atomic mass is 10.1. The first-order valence-electron chi connectivity index (χ1n) is 13.9. The van der Waals surface area contributed by atoms with E-state index in [1.807, 2.05) is 42.1 Å². The Morgan fingerprint density at radius 2 is 1.56 bits per heavy atom. The summed E-state index contributed by atoms with van der Waals surface area (Å²) in [6, 6.07) is 11.3. The summed E-state index contributed by atoms with van der Waals surface area (Å²) in [5, 5.41) is 3.39. The van der Waals surface area contributed by atoms with Crippen LogP contribution in [-0.2, 0) is 18.3 Å².